The van der Waals surface area contributed by atoms with Gasteiger partial charge in [0.2, 0.25) is 11.8 Å². The van der Waals surface area contributed by atoms with Gasteiger partial charge in [0.15, 0.2) is 0 Å². The fourth-order valence-corrected chi connectivity index (χ4v) is 4.18. The molecule has 212 valence electrons. The number of imide groups is 2. The van der Waals surface area contributed by atoms with Gasteiger partial charge in [0.25, 0.3) is 0 Å². The van der Waals surface area contributed by atoms with E-state index >= 15 is 0 Å². The van der Waals surface area contributed by atoms with Crippen LogP contribution in [0.15, 0.2) is 0 Å². The molecule has 9 nitrogen and oxygen atoms in total. The quantitative estimate of drug-likeness (QED) is 0.104. The summed E-state index contributed by atoms with van der Waals surface area (Å²) >= 11 is 0. The van der Waals surface area contributed by atoms with E-state index < -0.39 is 49.3 Å². The Kier molecular flexibility index (Phi) is 18.1. The Morgan fingerprint density at radius 1 is 0.568 bits per heavy atom. The van der Waals surface area contributed by atoms with E-state index in [0.29, 0.717) is 9.80 Å². The zero-order valence-electron chi connectivity index (χ0n) is 23.1. The smallest absolute Gasteiger partial charge is 0.334 e. The van der Waals surface area contributed by atoms with E-state index in [2.05, 4.69) is 13.8 Å². The molecule has 0 spiro atoms. The largest absolute Gasteiger partial charge is 0.464 e. The van der Waals surface area contributed by atoms with Crippen molar-refractivity contribution in [2.45, 2.75) is 123 Å². The number of amides is 4. The molecule has 0 atom stereocenters. The Morgan fingerprint density at radius 3 is 1.24 bits per heavy atom. The number of carbonyl (C=O) groups is 5. The van der Waals surface area contributed by atoms with E-state index in [1.54, 1.807) is 0 Å². The molecule has 0 aromatic heterocycles. The van der Waals surface area contributed by atoms with Crippen LogP contribution in [0, 0.1) is 0 Å². The minimum absolute atomic E-state index is 0.220. The summed E-state index contributed by atoms with van der Waals surface area (Å²) in [5.74, 6) is -2.97. The molecule has 0 bridgehead atoms. The van der Waals surface area contributed by atoms with Crippen molar-refractivity contribution in [2.75, 3.05) is 26.3 Å². The molecule has 0 radical (unpaired) electrons. The van der Waals surface area contributed by atoms with Crippen LogP contribution >= 0.6 is 0 Å². The van der Waals surface area contributed by atoms with Gasteiger partial charge < -0.3 is 9.47 Å². The molecule has 0 aromatic rings. The number of hydrogen-bond acceptors (Lipinski definition) is 7. The average molecular weight is 525 g/mol. The Labute approximate surface area is 222 Å². The molecule has 1 rings (SSSR count). The maximum atomic E-state index is 12.7. The fourth-order valence-electron chi connectivity index (χ4n) is 4.18. The topological polar surface area (TPSA) is 110 Å². The van der Waals surface area contributed by atoms with E-state index in [1.807, 2.05) is 0 Å². The molecule has 9 heteroatoms. The summed E-state index contributed by atoms with van der Waals surface area (Å²) in [5.41, 5.74) is 0. The van der Waals surface area contributed by atoms with Crippen LogP contribution < -0.4 is 0 Å². The maximum absolute atomic E-state index is 12.7. The number of hydrogen-bond donors (Lipinski definition) is 0. The van der Waals surface area contributed by atoms with Gasteiger partial charge in [-0.25, -0.2) is 4.79 Å². The molecule has 1 aliphatic heterocycles. The fraction of sp³-hybridized carbons (Fsp3) is 0.821. The predicted molar refractivity (Wildman–Crippen MR) is 141 cm³/mol. The predicted octanol–water partition coefficient (Wildman–Crippen LogP) is 5.54. The van der Waals surface area contributed by atoms with Crippen LogP contribution in [-0.4, -0.2) is 65.9 Å². The number of urea groups is 1. The first kappa shape index (κ1) is 32.6. The first-order chi connectivity index (χ1) is 17.9. The highest BCUT2D eigenvalue weighted by atomic mass is 16.5. The van der Waals surface area contributed by atoms with Gasteiger partial charge >= 0.3 is 18.0 Å². The number of unbranched alkanes of at least 4 members (excludes halogenated alkanes) is 14. The van der Waals surface area contributed by atoms with Gasteiger partial charge in [-0.2, -0.15) is 0 Å². The number of barbiturate groups is 1. The highest BCUT2D eigenvalue weighted by Gasteiger charge is 2.40. The van der Waals surface area contributed by atoms with Gasteiger partial charge in [-0.05, 0) is 12.8 Å². The minimum atomic E-state index is -0.991. The molecule has 0 N–H and O–H groups in total. The third-order valence-corrected chi connectivity index (χ3v) is 6.46. The lowest BCUT2D eigenvalue weighted by Gasteiger charge is -2.31. The molecule has 0 aromatic carbocycles. The van der Waals surface area contributed by atoms with Crippen molar-refractivity contribution in [3.8, 4) is 0 Å². The highest BCUT2D eigenvalue weighted by molar-refractivity contribution is 6.15. The lowest BCUT2D eigenvalue weighted by Crippen LogP contribution is -2.57. The molecule has 0 unspecified atom stereocenters. The zero-order valence-corrected chi connectivity index (χ0v) is 23.1. The molecular formula is C28H48N2O7. The van der Waals surface area contributed by atoms with Crippen molar-refractivity contribution in [2.24, 2.45) is 0 Å². The van der Waals surface area contributed by atoms with E-state index in [9.17, 15) is 24.0 Å². The second kappa shape index (κ2) is 20.6. The number of ether oxygens (including phenoxy) is 2. The van der Waals surface area contributed by atoms with Crippen LogP contribution in [0.5, 0.6) is 0 Å². The second-order valence-electron chi connectivity index (χ2n) is 9.81. The summed E-state index contributed by atoms with van der Waals surface area (Å²) in [6.45, 7) is 3.65. The van der Waals surface area contributed by atoms with Crippen LogP contribution in [0.1, 0.15) is 123 Å². The summed E-state index contributed by atoms with van der Waals surface area (Å²) in [7, 11) is 0. The van der Waals surface area contributed by atoms with Gasteiger partial charge in [0, 0.05) is 0 Å². The van der Waals surface area contributed by atoms with Crippen molar-refractivity contribution in [3.05, 3.63) is 0 Å². The number of esters is 2. The molecule has 37 heavy (non-hydrogen) atoms. The first-order valence-electron chi connectivity index (χ1n) is 14.4. The normalized spacial score (nSPS) is 13.8. The summed E-state index contributed by atoms with van der Waals surface area (Å²) in [4.78, 5) is 62.7. The van der Waals surface area contributed by atoms with Gasteiger partial charge in [-0.3, -0.25) is 29.0 Å². The molecule has 1 fully saturated rings. The van der Waals surface area contributed by atoms with Crippen LogP contribution in [0.4, 0.5) is 4.79 Å². The monoisotopic (exact) mass is 524 g/mol. The van der Waals surface area contributed by atoms with Gasteiger partial charge in [-0.15, -0.1) is 0 Å². The molecule has 0 aliphatic carbocycles. The lowest BCUT2D eigenvalue weighted by molar-refractivity contribution is -0.155. The Morgan fingerprint density at radius 2 is 0.892 bits per heavy atom. The molecular weight excluding hydrogens is 476 g/mol. The average Bonchev–Trinajstić information content (AvgIpc) is 2.87. The third-order valence-electron chi connectivity index (χ3n) is 6.46. The lowest BCUT2D eigenvalue weighted by atomic mass is 10.1. The molecule has 1 aliphatic rings. The molecule has 4 amide bonds. The van der Waals surface area contributed by atoms with Crippen molar-refractivity contribution in [3.63, 3.8) is 0 Å². The summed E-state index contributed by atoms with van der Waals surface area (Å²) in [6.07, 6.45) is 17.1. The number of carbonyl (C=O) groups excluding carboxylic acids is 5. The van der Waals surface area contributed by atoms with Crippen molar-refractivity contribution in [1.82, 2.24) is 9.80 Å². The zero-order chi connectivity index (χ0) is 27.3. The van der Waals surface area contributed by atoms with Crippen LogP contribution in [-0.2, 0) is 28.7 Å². The van der Waals surface area contributed by atoms with Crippen LogP contribution in [0.2, 0.25) is 0 Å². The third kappa shape index (κ3) is 14.8. The van der Waals surface area contributed by atoms with Crippen molar-refractivity contribution < 1.29 is 33.4 Å². The SMILES string of the molecule is CCCCCCCCCCOC(=O)CN1C(=O)CC(=O)N(CC(=O)OCCCCCCCCCC)C1=O. The molecule has 0 saturated carbocycles. The van der Waals surface area contributed by atoms with Crippen LogP contribution in [0.25, 0.3) is 0 Å². The Hall–Kier alpha value is -2.45. The second-order valence-corrected chi connectivity index (χ2v) is 9.81. The van der Waals surface area contributed by atoms with Gasteiger partial charge in [0.1, 0.15) is 19.5 Å². The van der Waals surface area contributed by atoms with Crippen molar-refractivity contribution in [1.29, 1.82) is 0 Å². The summed E-state index contributed by atoms with van der Waals surface area (Å²) in [6, 6.07) is -0.991. The molecule has 1 heterocycles. The van der Waals surface area contributed by atoms with Crippen LogP contribution in [0.3, 0.4) is 0 Å². The Balaban J connectivity index is 2.28. The van der Waals surface area contributed by atoms with E-state index in [0.717, 1.165) is 51.4 Å². The Bertz CT molecular complexity index is 655. The van der Waals surface area contributed by atoms with E-state index in [4.69, 9.17) is 9.47 Å². The molecule has 1 saturated heterocycles. The minimum Gasteiger partial charge on any atom is -0.464 e. The summed E-state index contributed by atoms with van der Waals surface area (Å²) < 4.78 is 10.3. The van der Waals surface area contributed by atoms with Crippen molar-refractivity contribution >= 4 is 29.8 Å². The highest BCUT2D eigenvalue weighted by Crippen LogP contribution is 2.14. The maximum Gasteiger partial charge on any atom is 0.334 e. The summed E-state index contributed by atoms with van der Waals surface area (Å²) in [5, 5.41) is 0. The van der Waals surface area contributed by atoms with E-state index in [-0.39, 0.29) is 13.2 Å². The van der Waals surface area contributed by atoms with Gasteiger partial charge in [-0.1, -0.05) is 104 Å². The number of nitrogens with zero attached hydrogens (tertiary/aromatic N) is 2. The standard InChI is InChI=1S/C28H48N2O7/c1-3-5-7-9-11-13-15-17-19-36-26(33)22-29-24(31)21-25(32)30(28(29)35)23-27(34)37-20-18-16-14-12-10-8-6-4-2/h3-23H2,1-2H3. The first-order valence-corrected chi connectivity index (χ1v) is 14.4. The van der Waals surface area contributed by atoms with E-state index in [1.165, 1.54) is 51.4 Å². The number of rotatable bonds is 22. The van der Waals surface area contributed by atoms with Gasteiger partial charge in [0.05, 0.1) is 13.2 Å².